The summed E-state index contributed by atoms with van der Waals surface area (Å²) in [5.74, 6) is 0.0659. The van der Waals surface area contributed by atoms with Crippen molar-refractivity contribution in [3.8, 4) is 22.8 Å². The second kappa shape index (κ2) is 7.69. The molecule has 3 aromatic heterocycles. The van der Waals surface area contributed by atoms with Gasteiger partial charge in [0.25, 0.3) is 17.1 Å². The Morgan fingerprint density at radius 2 is 1.03 bits per heavy atom. The normalized spacial score (nSPS) is 11.7. The number of aromatic nitrogens is 6. The molecule has 7 rings (SSSR count). The van der Waals surface area contributed by atoms with E-state index in [1.165, 1.54) is 36.4 Å². The number of hydrogen-bond donors (Lipinski definition) is 2. The van der Waals surface area contributed by atoms with E-state index < -0.39 is 14.8 Å². The summed E-state index contributed by atoms with van der Waals surface area (Å²) in [7, 11) is 0. The zero-order valence-electron chi connectivity index (χ0n) is 19.3. The molecule has 2 N–H and O–H groups in total. The van der Waals surface area contributed by atoms with Crippen molar-refractivity contribution in [3.05, 3.63) is 84.9 Å². The smallest absolute Gasteiger partial charge is 0.281 e. The molecule has 0 saturated carbocycles. The Labute approximate surface area is 214 Å². The Balaban J connectivity index is 1.79. The fourth-order valence-corrected chi connectivity index (χ4v) is 4.92. The number of benzene rings is 3. The van der Waals surface area contributed by atoms with Crippen LogP contribution < -0.4 is 0 Å². The lowest BCUT2D eigenvalue weighted by atomic mass is 10.1. The summed E-state index contributed by atoms with van der Waals surface area (Å²) in [6.45, 7) is 0. The molecule has 0 fully saturated rings. The summed E-state index contributed by atoms with van der Waals surface area (Å²) in [4.78, 5) is 58.1. The van der Waals surface area contributed by atoms with Gasteiger partial charge in [0.15, 0.2) is 11.6 Å². The van der Waals surface area contributed by atoms with Crippen LogP contribution >= 0.6 is 0 Å². The molecule has 15 nitrogen and oxygen atoms in total. The van der Waals surface area contributed by atoms with E-state index in [0.717, 1.165) is 0 Å². The summed E-state index contributed by atoms with van der Waals surface area (Å²) in [5, 5.41) is 36.6. The van der Waals surface area contributed by atoms with Gasteiger partial charge in [-0.1, -0.05) is 30.3 Å². The lowest BCUT2D eigenvalue weighted by Crippen LogP contribution is -1.92. The van der Waals surface area contributed by atoms with Crippen LogP contribution in [0.4, 0.5) is 17.1 Å². The first kappa shape index (κ1) is 22.1. The van der Waals surface area contributed by atoms with Gasteiger partial charge in [0.05, 0.1) is 14.8 Å². The zero-order valence-corrected chi connectivity index (χ0v) is 19.3. The number of hydrogen-bond acceptors (Lipinski definition) is 10. The Morgan fingerprint density at radius 1 is 0.538 bits per heavy atom. The molecule has 3 aromatic carbocycles. The van der Waals surface area contributed by atoms with Crippen LogP contribution in [0.1, 0.15) is 0 Å². The van der Waals surface area contributed by atoms with Crippen LogP contribution in [0.25, 0.3) is 66.9 Å². The highest BCUT2D eigenvalue weighted by atomic mass is 16.6. The third-order valence-electron chi connectivity index (χ3n) is 6.51. The third kappa shape index (κ3) is 3.10. The lowest BCUT2D eigenvalue weighted by Gasteiger charge is -1.99. The minimum Gasteiger partial charge on any atom is -0.324 e. The maximum atomic E-state index is 11.9. The average molecular weight is 521 g/mol. The van der Waals surface area contributed by atoms with E-state index in [4.69, 9.17) is 0 Å². The monoisotopic (exact) mass is 521 g/mol. The van der Waals surface area contributed by atoms with E-state index in [2.05, 4.69) is 29.9 Å². The van der Waals surface area contributed by atoms with E-state index >= 15 is 0 Å². The van der Waals surface area contributed by atoms with Crippen LogP contribution in [-0.2, 0) is 0 Å². The van der Waals surface area contributed by atoms with E-state index in [0.29, 0.717) is 16.3 Å². The molecule has 0 spiro atoms. The lowest BCUT2D eigenvalue weighted by molar-refractivity contribution is -0.384. The van der Waals surface area contributed by atoms with Crippen LogP contribution in [-0.4, -0.2) is 44.7 Å². The summed E-state index contributed by atoms with van der Waals surface area (Å²) >= 11 is 0. The molecule has 6 aromatic rings. The molecule has 188 valence electrons. The Bertz CT molecular complexity index is 2180. The van der Waals surface area contributed by atoms with Gasteiger partial charge < -0.3 is 9.97 Å². The van der Waals surface area contributed by atoms with Gasteiger partial charge in [-0.3, -0.25) is 30.3 Å². The van der Waals surface area contributed by atoms with Crippen molar-refractivity contribution in [2.45, 2.75) is 0 Å². The van der Waals surface area contributed by atoms with Crippen LogP contribution in [0.15, 0.2) is 54.6 Å². The van der Waals surface area contributed by atoms with Gasteiger partial charge in [-0.05, 0) is 6.07 Å². The van der Waals surface area contributed by atoms with Crippen molar-refractivity contribution in [3.63, 3.8) is 0 Å². The molecule has 0 unspecified atom stereocenters. The SMILES string of the molecule is O=[N+]([O-])c1cccc2c1-c1nc-2nc2[nH]c(nc3[nH]c(n1)c1cccc([N+](=O)[O-])c31)c1c([N+](=O)[O-])cccc21. The first-order valence-corrected chi connectivity index (χ1v) is 11.3. The van der Waals surface area contributed by atoms with Gasteiger partial charge >= 0.3 is 0 Å². The number of nitrogens with one attached hydrogen (secondary N) is 2. The van der Waals surface area contributed by atoms with Gasteiger partial charge in [0.2, 0.25) is 0 Å². The predicted octanol–water partition coefficient (Wildman–Crippen LogP) is 5.03. The topological polar surface area (TPSA) is 213 Å². The number of non-ortho nitro benzene ring substituents is 2. The highest BCUT2D eigenvalue weighted by Crippen LogP contribution is 2.41. The van der Waals surface area contributed by atoms with Gasteiger partial charge in [0, 0.05) is 34.5 Å². The minimum absolute atomic E-state index is 0.00931. The quantitative estimate of drug-likeness (QED) is 0.233. The number of nitro groups is 3. The van der Waals surface area contributed by atoms with E-state index in [9.17, 15) is 30.3 Å². The second-order valence-electron chi connectivity index (χ2n) is 8.61. The maximum absolute atomic E-state index is 11.9. The largest absolute Gasteiger partial charge is 0.324 e. The zero-order chi connectivity index (χ0) is 27.0. The number of rotatable bonds is 3. The molecule has 0 aliphatic carbocycles. The van der Waals surface area contributed by atoms with E-state index in [1.54, 1.807) is 18.2 Å². The van der Waals surface area contributed by atoms with Crippen molar-refractivity contribution >= 4 is 61.2 Å². The van der Waals surface area contributed by atoms with Gasteiger partial charge in [-0.25, -0.2) is 19.9 Å². The fourth-order valence-electron chi connectivity index (χ4n) is 4.92. The molecule has 0 saturated heterocycles. The first-order valence-electron chi connectivity index (χ1n) is 11.3. The molecule has 0 amide bonds. The summed E-state index contributed by atoms with van der Waals surface area (Å²) in [6, 6.07) is 13.2. The Hall–Kier alpha value is -6.12. The predicted molar refractivity (Wildman–Crippen MR) is 138 cm³/mol. The number of H-pyrrole nitrogens is 2. The van der Waals surface area contributed by atoms with Gasteiger partial charge in [-0.2, -0.15) is 0 Å². The first-order chi connectivity index (χ1) is 18.8. The fraction of sp³-hybridized carbons (Fsp3) is 0. The van der Waals surface area contributed by atoms with Gasteiger partial charge in [0.1, 0.15) is 38.9 Å². The molecule has 0 atom stereocenters. The highest BCUT2D eigenvalue weighted by Gasteiger charge is 2.29. The van der Waals surface area contributed by atoms with Crippen LogP contribution in [0.2, 0.25) is 0 Å². The third-order valence-corrected chi connectivity index (χ3v) is 6.51. The Morgan fingerprint density at radius 3 is 1.56 bits per heavy atom. The van der Waals surface area contributed by atoms with E-state index in [-0.39, 0.29) is 67.6 Å². The second-order valence-corrected chi connectivity index (χ2v) is 8.61. The van der Waals surface area contributed by atoms with Crippen LogP contribution in [0.3, 0.4) is 0 Å². The average Bonchev–Trinajstić information content (AvgIpc) is 3.56. The van der Waals surface area contributed by atoms with Crippen molar-refractivity contribution in [1.82, 2.24) is 29.9 Å². The number of fused-ring (bicyclic) bond motifs is 15. The van der Waals surface area contributed by atoms with Crippen molar-refractivity contribution < 1.29 is 14.8 Å². The highest BCUT2D eigenvalue weighted by molar-refractivity contribution is 6.12. The van der Waals surface area contributed by atoms with Crippen LogP contribution in [0, 0.1) is 30.3 Å². The van der Waals surface area contributed by atoms with Crippen molar-refractivity contribution in [1.29, 1.82) is 0 Å². The standard InChI is InChI=1S/C24H11N9O6/c34-31(35)13-7-1-4-10-16(13)22-26-19(10)25-20-11-5-2-8-14(32(36)37)17(11)23(27-20)30-24-18-12(21(28-22)29-24)6-3-9-15(18)33(38)39/h1-9H,(H2,25,26,27,28,29,30). The molecular weight excluding hydrogens is 510 g/mol. The van der Waals surface area contributed by atoms with Crippen molar-refractivity contribution in [2.24, 2.45) is 0 Å². The summed E-state index contributed by atoms with van der Waals surface area (Å²) in [5.41, 5.74) is -0.0214. The summed E-state index contributed by atoms with van der Waals surface area (Å²) in [6.07, 6.45) is 0. The minimum atomic E-state index is -0.577. The maximum Gasteiger partial charge on any atom is 0.281 e. The molecular formula is C24H11N9O6. The molecule has 6 bridgehead atoms. The number of nitrogens with zero attached hydrogens (tertiary/aromatic N) is 7. The Kier molecular flexibility index (Phi) is 4.36. The molecule has 1 aliphatic rings. The van der Waals surface area contributed by atoms with E-state index in [1.807, 2.05) is 0 Å². The molecule has 39 heavy (non-hydrogen) atoms. The molecule has 4 heterocycles. The van der Waals surface area contributed by atoms with Crippen molar-refractivity contribution in [2.75, 3.05) is 0 Å². The molecule has 15 heteroatoms. The van der Waals surface area contributed by atoms with Gasteiger partial charge in [-0.15, -0.1) is 0 Å². The van der Waals surface area contributed by atoms with Crippen LogP contribution in [0.5, 0.6) is 0 Å². The summed E-state index contributed by atoms with van der Waals surface area (Å²) < 4.78 is 0. The number of nitro benzene ring substituents is 3. The number of aromatic amines is 2. The molecule has 0 radical (unpaired) electrons. The molecule has 1 aliphatic heterocycles.